The molecular formula is C11H24N2. The van der Waals surface area contributed by atoms with Crippen LogP contribution in [-0.2, 0) is 0 Å². The van der Waals surface area contributed by atoms with Crippen molar-refractivity contribution in [3.63, 3.8) is 0 Å². The Labute approximate surface area is 82.3 Å². The molecule has 13 heavy (non-hydrogen) atoms. The topological polar surface area (TPSA) is 38.0 Å². The second-order valence-electron chi connectivity index (χ2n) is 5.12. The monoisotopic (exact) mass is 184 g/mol. The van der Waals surface area contributed by atoms with E-state index in [2.05, 4.69) is 26.1 Å². The Morgan fingerprint density at radius 2 is 2.23 bits per heavy atom. The average molecular weight is 184 g/mol. The van der Waals surface area contributed by atoms with Crippen molar-refractivity contribution in [3.8, 4) is 0 Å². The van der Waals surface area contributed by atoms with E-state index in [-0.39, 0.29) is 0 Å². The Kier molecular flexibility index (Phi) is 3.74. The highest BCUT2D eigenvalue weighted by Gasteiger charge is 2.33. The molecule has 0 heterocycles. The first kappa shape index (κ1) is 11.0. The smallest absolute Gasteiger partial charge is 0.0162 e. The lowest BCUT2D eigenvalue weighted by Gasteiger charge is -2.28. The van der Waals surface area contributed by atoms with Crippen LogP contribution in [0.1, 0.15) is 40.0 Å². The van der Waals surface area contributed by atoms with Crippen LogP contribution in [0.3, 0.4) is 0 Å². The molecule has 78 valence electrons. The van der Waals surface area contributed by atoms with E-state index < -0.39 is 0 Å². The zero-order valence-electron chi connectivity index (χ0n) is 9.27. The Morgan fingerprint density at radius 3 is 2.69 bits per heavy atom. The summed E-state index contributed by atoms with van der Waals surface area (Å²) in [7, 11) is 0. The molecular weight excluding hydrogens is 160 g/mol. The summed E-state index contributed by atoms with van der Waals surface area (Å²) < 4.78 is 0. The van der Waals surface area contributed by atoms with Gasteiger partial charge in [-0.1, -0.05) is 20.3 Å². The highest BCUT2D eigenvalue weighted by Crippen LogP contribution is 2.41. The van der Waals surface area contributed by atoms with E-state index in [1.54, 1.807) is 0 Å². The van der Waals surface area contributed by atoms with Crippen LogP contribution < -0.4 is 11.1 Å². The summed E-state index contributed by atoms with van der Waals surface area (Å²) in [6.07, 6.45) is 4.17. The maximum absolute atomic E-state index is 5.56. The summed E-state index contributed by atoms with van der Waals surface area (Å²) in [5, 5.41) is 3.50. The van der Waals surface area contributed by atoms with Crippen LogP contribution in [-0.4, -0.2) is 19.1 Å². The lowest BCUT2D eigenvalue weighted by molar-refractivity contribution is 0.246. The van der Waals surface area contributed by atoms with Gasteiger partial charge in [-0.25, -0.2) is 0 Å². The number of nitrogens with two attached hydrogens (primary N) is 1. The third kappa shape index (κ3) is 2.96. The predicted molar refractivity (Wildman–Crippen MR) is 57.6 cm³/mol. The Morgan fingerprint density at radius 1 is 1.54 bits per heavy atom. The Balaban J connectivity index is 2.28. The summed E-state index contributed by atoms with van der Waals surface area (Å²) in [5.41, 5.74) is 6.10. The highest BCUT2D eigenvalue weighted by molar-refractivity contribution is 4.86. The summed E-state index contributed by atoms with van der Waals surface area (Å²) in [4.78, 5) is 0. The molecule has 1 unspecified atom stereocenters. The minimum Gasteiger partial charge on any atom is -0.329 e. The number of rotatable bonds is 4. The minimum atomic E-state index is 0.469. The van der Waals surface area contributed by atoms with Crippen molar-refractivity contribution in [2.75, 3.05) is 13.1 Å². The average Bonchev–Trinajstić information content (AvgIpc) is 2.41. The van der Waals surface area contributed by atoms with Gasteiger partial charge in [0.2, 0.25) is 0 Å². The van der Waals surface area contributed by atoms with E-state index in [0.29, 0.717) is 11.5 Å². The molecule has 0 amide bonds. The van der Waals surface area contributed by atoms with Crippen LogP contribution in [0.15, 0.2) is 0 Å². The molecule has 0 aromatic carbocycles. The lowest BCUT2D eigenvalue weighted by Crippen LogP contribution is -2.38. The van der Waals surface area contributed by atoms with Crippen LogP contribution >= 0.6 is 0 Å². The molecule has 0 spiro atoms. The van der Waals surface area contributed by atoms with Gasteiger partial charge < -0.3 is 11.1 Å². The predicted octanol–water partition coefficient (Wildman–Crippen LogP) is 1.75. The normalized spacial score (nSPS) is 29.1. The molecule has 1 aliphatic carbocycles. The maximum atomic E-state index is 5.56. The van der Waals surface area contributed by atoms with Crippen molar-refractivity contribution in [2.45, 2.75) is 46.1 Å². The Bertz CT molecular complexity index is 154. The largest absolute Gasteiger partial charge is 0.329 e. The van der Waals surface area contributed by atoms with E-state index in [9.17, 15) is 0 Å². The first-order chi connectivity index (χ1) is 6.06. The standard InChI is InChI=1S/C11H24N2/c1-9(7-12)13-8-10-5-4-6-11(10,2)3/h9-10,13H,4-8,12H2,1-3H3/t9-,10?/m1/s1. The van der Waals surface area contributed by atoms with Gasteiger partial charge in [-0.2, -0.15) is 0 Å². The van der Waals surface area contributed by atoms with Crippen LogP contribution in [0.5, 0.6) is 0 Å². The molecule has 2 heteroatoms. The fourth-order valence-corrected chi connectivity index (χ4v) is 2.20. The molecule has 1 saturated carbocycles. The minimum absolute atomic E-state index is 0.469. The Hall–Kier alpha value is -0.0800. The van der Waals surface area contributed by atoms with E-state index in [1.807, 2.05) is 0 Å². The molecule has 0 saturated heterocycles. The first-order valence-electron chi connectivity index (χ1n) is 5.49. The second-order valence-corrected chi connectivity index (χ2v) is 5.12. The summed E-state index contributed by atoms with van der Waals surface area (Å²) in [6.45, 7) is 8.82. The molecule has 2 atom stereocenters. The van der Waals surface area contributed by atoms with Crippen molar-refractivity contribution >= 4 is 0 Å². The summed E-state index contributed by atoms with van der Waals surface area (Å²) in [6, 6.07) is 0.469. The van der Waals surface area contributed by atoms with Gasteiger partial charge in [0.05, 0.1) is 0 Å². The van der Waals surface area contributed by atoms with Gasteiger partial charge >= 0.3 is 0 Å². The molecule has 1 fully saturated rings. The fourth-order valence-electron chi connectivity index (χ4n) is 2.20. The van der Waals surface area contributed by atoms with Gasteiger partial charge in [0.1, 0.15) is 0 Å². The van der Waals surface area contributed by atoms with Gasteiger partial charge in [0, 0.05) is 12.6 Å². The van der Waals surface area contributed by atoms with E-state index in [1.165, 1.54) is 19.3 Å². The maximum Gasteiger partial charge on any atom is 0.0162 e. The van der Waals surface area contributed by atoms with Crippen molar-refractivity contribution in [1.29, 1.82) is 0 Å². The van der Waals surface area contributed by atoms with Crippen molar-refractivity contribution in [2.24, 2.45) is 17.1 Å². The van der Waals surface area contributed by atoms with Crippen molar-refractivity contribution in [3.05, 3.63) is 0 Å². The first-order valence-corrected chi connectivity index (χ1v) is 5.49. The molecule has 0 aliphatic heterocycles. The number of hydrogen-bond donors (Lipinski definition) is 2. The van der Waals surface area contributed by atoms with Crippen LogP contribution in [0, 0.1) is 11.3 Å². The van der Waals surface area contributed by atoms with Gasteiger partial charge in [-0.05, 0) is 37.6 Å². The number of nitrogens with one attached hydrogen (secondary N) is 1. The third-order valence-electron chi connectivity index (χ3n) is 3.55. The molecule has 0 aromatic rings. The molecule has 0 aromatic heterocycles. The summed E-state index contributed by atoms with van der Waals surface area (Å²) in [5.74, 6) is 0.849. The second kappa shape index (κ2) is 4.43. The fraction of sp³-hybridized carbons (Fsp3) is 1.00. The zero-order chi connectivity index (χ0) is 9.90. The van der Waals surface area contributed by atoms with Gasteiger partial charge in [0.15, 0.2) is 0 Å². The zero-order valence-corrected chi connectivity index (χ0v) is 9.27. The molecule has 0 radical (unpaired) electrons. The molecule has 2 nitrogen and oxygen atoms in total. The lowest BCUT2D eigenvalue weighted by atomic mass is 9.82. The molecule has 1 rings (SSSR count). The van der Waals surface area contributed by atoms with E-state index in [4.69, 9.17) is 5.73 Å². The van der Waals surface area contributed by atoms with Crippen LogP contribution in [0.25, 0.3) is 0 Å². The van der Waals surface area contributed by atoms with Gasteiger partial charge in [0.25, 0.3) is 0 Å². The molecule has 1 aliphatic rings. The van der Waals surface area contributed by atoms with Crippen molar-refractivity contribution < 1.29 is 0 Å². The van der Waals surface area contributed by atoms with Crippen LogP contribution in [0.4, 0.5) is 0 Å². The quantitative estimate of drug-likeness (QED) is 0.698. The van der Waals surface area contributed by atoms with E-state index >= 15 is 0 Å². The number of hydrogen-bond acceptors (Lipinski definition) is 2. The van der Waals surface area contributed by atoms with Gasteiger partial charge in [-0.15, -0.1) is 0 Å². The van der Waals surface area contributed by atoms with Crippen LogP contribution in [0.2, 0.25) is 0 Å². The van der Waals surface area contributed by atoms with E-state index in [0.717, 1.165) is 19.0 Å². The highest BCUT2D eigenvalue weighted by atomic mass is 14.9. The third-order valence-corrected chi connectivity index (χ3v) is 3.55. The van der Waals surface area contributed by atoms with Gasteiger partial charge in [-0.3, -0.25) is 0 Å². The van der Waals surface area contributed by atoms with Crippen molar-refractivity contribution in [1.82, 2.24) is 5.32 Å². The summed E-state index contributed by atoms with van der Waals surface area (Å²) >= 11 is 0. The molecule has 3 N–H and O–H groups in total. The molecule has 0 bridgehead atoms. The SMILES string of the molecule is C[C@H](CN)NCC1CCCC1(C)C.